The maximum Gasteiger partial charge on any atom is 0.141 e. The Bertz CT molecular complexity index is 437. The summed E-state index contributed by atoms with van der Waals surface area (Å²) in [7, 11) is 0. The van der Waals surface area contributed by atoms with Gasteiger partial charge in [-0.25, -0.2) is 0 Å². The van der Waals surface area contributed by atoms with Crippen molar-refractivity contribution in [2.24, 2.45) is 11.7 Å². The van der Waals surface area contributed by atoms with Crippen LogP contribution in [-0.2, 0) is 11.2 Å². The third-order valence-corrected chi connectivity index (χ3v) is 3.44. The van der Waals surface area contributed by atoms with Gasteiger partial charge in [-0.3, -0.25) is 0 Å². The second-order valence-electron chi connectivity index (χ2n) is 5.70. The third-order valence-electron chi connectivity index (χ3n) is 2.94. The van der Waals surface area contributed by atoms with E-state index < -0.39 is 0 Å². The Morgan fingerprint density at radius 2 is 1.81 bits per heavy atom. The van der Waals surface area contributed by atoms with Crippen LogP contribution >= 0.6 is 23.2 Å². The van der Waals surface area contributed by atoms with Gasteiger partial charge in [0, 0.05) is 17.7 Å². The van der Waals surface area contributed by atoms with E-state index in [0.717, 1.165) is 18.6 Å². The van der Waals surface area contributed by atoms with Gasteiger partial charge < -0.3 is 15.2 Å². The minimum absolute atomic E-state index is 0.0178. The second-order valence-corrected chi connectivity index (χ2v) is 6.54. The van der Waals surface area contributed by atoms with Gasteiger partial charge in [-0.05, 0) is 43.4 Å². The van der Waals surface area contributed by atoms with Crippen molar-refractivity contribution < 1.29 is 9.47 Å². The number of hydrogen-bond acceptors (Lipinski definition) is 3. The van der Waals surface area contributed by atoms with Crippen molar-refractivity contribution in [3.05, 3.63) is 27.7 Å². The monoisotopic (exact) mass is 333 g/mol. The number of rotatable bonds is 9. The van der Waals surface area contributed by atoms with E-state index in [1.165, 1.54) is 0 Å². The van der Waals surface area contributed by atoms with Gasteiger partial charge in [0.05, 0.1) is 11.6 Å². The highest BCUT2D eigenvalue weighted by atomic mass is 35.5. The molecule has 2 N–H and O–H groups in total. The first-order valence-corrected chi connectivity index (χ1v) is 8.09. The molecule has 0 fully saturated rings. The normalized spacial score (nSPS) is 12.7. The number of nitrogens with two attached hydrogens (primary N) is 1. The van der Waals surface area contributed by atoms with Gasteiger partial charge in [-0.15, -0.1) is 0 Å². The molecular formula is C16H25Cl2NO2. The van der Waals surface area contributed by atoms with Crippen LogP contribution in [0.4, 0.5) is 0 Å². The minimum Gasteiger partial charge on any atom is -0.489 e. The summed E-state index contributed by atoms with van der Waals surface area (Å²) in [5.41, 5.74) is 6.78. The van der Waals surface area contributed by atoms with Crippen molar-refractivity contribution in [1.29, 1.82) is 0 Å². The van der Waals surface area contributed by atoms with E-state index in [2.05, 4.69) is 13.8 Å². The van der Waals surface area contributed by atoms with Gasteiger partial charge in [0.25, 0.3) is 0 Å². The second kappa shape index (κ2) is 9.52. The topological polar surface area (TPSA) is 44.5 Å². The van der Waals surface area contributed by atoms with Crippen LogP contribution in [0.5, 0.6) is 5.75 Å². The lowest BCUT2D eigenvalue weighted by Crippen LogP contribution is -2.19. The lowest BCUT2D eigenvalue weighted by atomic mass is 10.1. The quantitative estimate of drug-likeness (QED) is 0.684. The number of benzene rings is 1. The summed E-state index contributed by atoms with van der Waals surface area (Å²) in [5, 5.41) is 1.11. The Labute approximate surface area is 137 Å². The lowest BCUT2D eigenvalue weighted by molar-refractivity contribution is 0.0923. The Hall–Kier alpha value is -0.480. The average Bonchev–Trinajstić information content (AvgIpc) is 2.34. The van der Waals surface area contributed by atoms with E-state index in [1.54, 1.807) is 6.07 Å². The first kappa shape index (κ1) is 18.6. The minimum atomic E-state index is 0.0178. The molecule has 1 unspecified atom stereocenters. The van der Waals surface area contributed by atoms with Crippen molar-refractivity contribution in [1.82, 2.24) is 0 Å². The van der Waals surface area contributed by atoms with Gasteiger partial charge in [-0.2, -0.15) is 0 Å². The molecule has 1 atom stereocenters. The summed E-state index contributed by atoms with van der Waals surface area (Å²) in [6.07, 6.45) is 1.72. The Kier molecular flexibility index (Phi) is 8.42. The number of hydrogen-bond donors (Lipinski definition) is 1. The molecule has 0 saturated carbocycles. The summed E-state index contributed by atoms with van der Waals surface area (Å²) in [4.78, 5) is 0. The molecule has 0 aliphatic carbocycles. The molecule has 0 aromatic heterocycles. The Balaban J connectivity index is 2.53. The van der Waals surface area contributed by atoms with E-state index >= 15 is 0 Å². The molecule has 0 heterocycles. The highest BCUT2D eigenvalue weighted by Crippen LogP contribution is 2.33. The van der Waals surface area contributed by atoms with E-state index in [1.807, 2.05) is 13.0 Å². The average molecular weight is 334 g/mol. The maximum atomic E-state index is 6.21. The van der Waals surface area contributed by atoms with Crippen LogP contribution in [0, 0.1) is 5.92 Å². The molecule has 3 nitrogen and oxygen atoms in total. The molecule has 0 bridgehead atoms. The fourth-order valence-corrected chi connectivity index (χ4v) is 2.49. The van der Waals surface area contributed by atoms with Crippen LogP contribution in [0.15, 0.2) is 12.1 Å². The molecule has 0 amide bonds. The van der Waals surface area contributed by atoms with Crippen molar-refractivity contribution >= 4 is 23.2 Å². The Morgan fingerprint density at radius 1 is 1.10 bits per heavy atom. The SMILES string of the molecule is CC(C)CCOCCOc1c(Cl)cc(Cl)cc1CC(C)N. The summed E-state index contributed by atoms with van der Waals surface area (Å²) < 4.78 is 11.3. The zero-order valence-electron chi connectivity index (χ0n) is 13.0. The molecular weight excluding hydrogens is 309 g/mol. The molecule has 0 radical (unpaired) electrons. The lowest BCUT2D eigenvalue weighted by Gasteiger charge is -2.15. The van der Waals surface area contributed by atoms with Crippen LogP contribution in [0.25, 0.3) is 0 Å². The van der Waals surface area contributed by atoms with Gasteiger partial charge in [0.2, 0.25) is 0 Å². The molecule has 120 valence electrons. The molecule has 0 spiro atoms. The van der Waals surface area contributed by atoms with Gasteiger partial charge in [0.15, 0.2) is 0 Å². The summed E-state index contributed by atoms with van der Waals surface area (Å²) >= 11 is 12.2. The first-order chi connectivity index (χ1) is 9.90. The van der Waals surface area contributed by atoms with Crippen LogP contribution in [0.1, 0.15) is 32.8 Å². The predicted molar refractivity (Wildman–Crippen MR) is 89.6 cm³/mol. The summed E-state index contributed by atoms with van der Waals surface area (Å²) in [5.74, 6) is 1.31. The van der Waals surface area contributed by atoms with Crippen molar-refractivity contribution in [3.8, 4) is 5.75 Å². The first-order valence-electron chi connectivity index (χ1n) is 7.34. The third kappa shape index (κ3) is 7.37. The smallest absolute Gasteiger partial charge is 0.141 e. The molecule has 0 saturated heterocycles. The molecule has 0 aliphatic heterocycles. The summed E-state index contributed by atoms with van der Waals surface area (Å²) in [6.45, 7) is 8.05. The summed E-state index contributed by atoms with van der Waals surface area (Å²) in [6, 6.07) is 3.55. The molecule has 1 aromatic rings. The maximum absolute atomic E-state index is 6.21. The van der Waals surface area contributed by atoms with E-state index in [-0.39, 0.29) is 6.04 Å². The van der Waals surface area contributed by atoms with Crippen LogP contribution < -0.4 is 10.5 Å². The van der Waals surface area contributed by atoms with Gasteiger partial charge >= 0.3 is 0 Å². The molecule has 1 rings (SSSR count). The molecule has 5 heteroatoms. The van der Waals surface area contributed by atoms with Gasteiger partial charge in [0.1, 0.15) is 12.4 Å². The fourth-order valence-electron chi connectivity index (χ4n) is 1.90. The molecule has 0 aliphatic rings. The number of ether oxygens (including phenoxy) is 2. The van der Waals surface area contributed by atoms with Crippen molar-refractivity contribution in [2.45, 2.75) is 39.7 Å². The largest absolute Gasteiger partial charge is 0.489 e. The molecule has 21 heavy (non-hydrogen) atoms. The van der Waals surface area contributed by atoms with Crippen molar-refractivity contribution in [2.75, 3.05) is 19.8 Å². The molecule has 1 aromatic carbocycles. The van der Waals surface area contributed by atoms with E-state index in [9.17, 15) is 0 Å². The van der Waals surface area contributed by atoms with Gasteiger partial charge in [-0.1, -0.05) is 37.0 Å². The highest BCUT2D eigenvalue weighted by molar-refractivity contribution is 6.35. The predicted octanol–water partition coefficient (Wildman–Crippen LogP) is 4.32. The highest BCUT2D eigenvalue weighted by Gasteiger charge is 2.12. The number of halogens is 2. The van der Waals surface area contributed by atoms with Crippen LogP contribution in [0.2, 0.25) is 10.0 Å². The Morgan fingerprint density at radius 3 is 2.43 bits per heavy atom. The van der Waals surface area contributed by atoms with Crippen LogP contribution in [-0.4, -0.2) is 25.9 Å². The zero-order chi connectivity index (χ0) is 15.8. The van der Waals surface area contributed by atoms with Crippen LogP contribution in [0.3, 0.4) is 0 Å². The standard InChI is InChI=1S/C16H25Cl2NO2/c1-11(2)4-5-20-6-7-21-16-13(8-12(3)19)9-14(17)10-15(16)18/h9-12H,4-8,19H2,1-3H3. The van der Waals surface area contributed by atoms with E-state index in [0.29, 0.717) is 41.3 Å². The zero-order valence-corrected chi connectivity index (χ0v) is 14.5. The van der Waals surface area contributed by atoms with Crippen molar-refractivity contribution in [3.63, 3.8) is 0 Å². The fraction of sp³-hybridized carbons (Fsp3) is 0.625. The van der Waals surface area contributed by atoms with E-state index in [4.69, 9.17) is 38.4 Å².